The molecule has 0 unspecified atom stereocenters. The number of nitrogens with zero attached hydrogens (tertiary/aromatic N) is 1. The van der Waals surface area contributed by atoms with E-state index in [1.807, 2.05) is 12.1 Å². The Balaban J connectivity index is 1.53. The Morgan fingerprint density at radius 1 is 1.16 bits per heavy atom. The van der Waals surface area contributed by atoms with Crippen LogP contribution in [0.15, 0.2) is 59.5 Å². The average molecular weight is 471 g/mol. The molecule has 3 N–H and O–H groups in total. The predicted octanol–water partition coefficient (Wildman–Crippen LogP) is 5.14. The number of nitrogens with one attached hydrogen (secondary N) is 1. The first kappa shape index (κ1) is 21.2. The van der Waals surface area contributed by atoms with Crippen molar-refractivity contribution in [2.45, 2.75) is 6.54 Å². The molecule has 0 radical (unpaired) electrons. The van der Waals surface area contributed by atoms with E-state index in [0.29, 0.717) is 37.7 Å². The van der Waals surface area contributed by atoms with Crippen molar-refractivity contribution in [1.29, 1.82) is 0 Å². The van der Waals surface area contributed by atoms with Gasteiger partial charge in [-0.25, -0.2) is 4.79 Å². The van der Waals surface area contributed by atoms with Gasteiger partial charge in [-0.2, -0.15) is 0 Å². The third kappa shape index (κ3) is 4.51. The molecule has 0 atom stereocenters. The summed E-state index contributed by atoms with van der Waals surface area (Å²) in [5.74, 6) is -1.69. The Morgan fingerprint density at radius 3 is 2.58 bits per heavy atom. The third-order valence-electron chi connectivity index (χ3n) is 4.66. The van der Waals surface area contributed by atoms with Crippen molar-refractivity contribution in [2.24, 2.45) is 0 Å². The number of aromatic carboxylic acids is 1. The highest BCUT2D eigenvalue weighted by Gasteiger charge is 2.32. The molecule has 1 fully saturated rings. The molecule has 156 valence electrons. The summed E-state index contributed by atoms with van der Waals surface area (Å²) in [4.78, 5) is 29.1. The Kier molecular flexibility index (Phi) is 5.86. The highest BCUT2D eigenvalue weighted by molar-refractivity contribution is 8.26. The Hall–Kier alpha value is -3.07. The standard InChI is InChI=1S/C22H15ClN2O4S2/c23-14-4-1-12(2-5-14)11-25-20(27)19(31-22(25)30)10-15-6-8-17(24-15)13-3-7-16(21(28)29)18(26)9-13/h1-10,24,26H,11H2,(H,28,29)/b19-10+. The lowest BCUT2D eigenvalue weighted by Gasteiger charge is -2.14. The van der Waals surface area contributed by atoms with Crippen LogP contribution in [0.1, 0.15) is 21.6 Å². The number of hydrogen-bond donors (Lipinski definition) is 3. The van der Waals surface area contributed by atoms with E-state index in [-0.39, 0.29) is 17.2 Å². The zero-order valence-corrected chi connectivity index (χ0v) is 18.2. The molecular weight excluding hydrogens is 456 g/mol. The van der Waals surface area contributed by atoms with Crippen molar-refractivity contribution in [2.75, 3.05) is 0 Å². The van der Waals surface area contributed by atoms with Gasteiger partial charge in [-0.1, -0.05) is 53.8 Å². The first-order valence-corrected chi connectivity index (χ1v) is 10.7. The molecule has 4 rings (SSSR count). The average Bonchev–Trinajstić information content (AvgIpc) is 3.29. The number of rotatable bonds is 5. The lowest BCUT2D eigenvalue weighted by atomic mass is 10.1. The van der Waals surface area contributed by atoms with Crippen molar-refractivity contribution in [3.05, 3.63) is 81.3 Å². The minimum Gasteiger partial charge on any atom is -0.507 e. The number of thioether (sulfide) groups is 1. The molecule has 1 aliphatic heterocycles. The second-order valence-corrected chi connectivity index (χ2v) is 8.87. The molecule has 0 spiro atoms. The smallest absolute Gasteiger partial charge is 0.339 e. The molecule has 2 aromatic carbocycles. The molecule has 1 aromatic heterocycles. The maximum Gasteiger partial charge on any atom is 0.339 e. The highest BCUT2D eigenvalue weighted by Crippen LogP contribution is 2.34. The van der Waals surface area contributed by atoms with Gasteiger partial charge >= 0.3 is 5.97 Å². The van der Waals surface area contributed by atoms with E-state index in [9.17, 15) is 14.7 Å². The largest absolute Gasteiger partial charge is 0.507 e. The van der Waals surface area contributed by atoms with Crippen LogP contribution < -0.4 is 0 Å². The number of carbonyl (C=O) groups excluding carboxylic acids is 1. The van der Waals surface area contributed by atoms with Gasteiger partial charge in [0.05, 0.1) is 11.4 Å². The second-order valence-electron chi connectivity index (χ2n) is 6.76. The van der Waals surface area contributed by atoms with Crippen molar-refractivity contribution >= 4 is 57.9 Å². The summed E-state index contributed by atoms with van der Waals surface area (Å²) in [5.41, 5.74) is 2.74. The summed E-state index contributed by atoms with van der Waals surface area (Å²) >= 11 is 12.5. The summed E-state index contributed by atoms with van der Waals surface area (Å²) in [6.45, 7) is 0.365. The van der Waals surface area contributed by atoms with Crippen LogP contribution in [0.2, 0.25) is 5.02 Å². The molecule has 0 bridgehead atoms. The summed E-state index contributed by atoms with van der Waals surface area (Å²) in [6, 6.07) is 15.2. The lowest BCUT2D eigenvalue weighted by Crippen LogP contribution is -2.27. The van der Waals surface area contributed by atoms with Crippen LogP contribution in [0.3, 0.4) is 0 Å². The number of aromatic nitrogens is 1. The Morgan fingerprint density at radius 2 is 1.90 bits per heavy atom. The number of hydrogen-bond acceptors (Lipinski definition) is 5. The van der Waals surface area contributed by atoms with Crippen LogP contribution in [0.4, 0.5) is 0 Å². The van der Waals surface area contributed by atoms with Gasteiger partial charge in [0.15, 0.2) is 0 Å². The Bertz CT molecular complexity index is 1230. The van der Waals surface area contributed by atoms with E-state index in [2.05, 4.69) is 4.98 Å². The summed E-state index contributed by atoms with van der Waals surface area (Å²) in [7, 11) is 0. The number of benzene rings is 2. The molecular formula is C22H15ClN2O4S2. The van der Waals surface area contributed by atoms with Crippen LogP contribution >= 0.6 is 35.6 Å². The minimum absolute atomic E-state index is 0.167. The quantitative estimate of drug-likeness (QED) is 0.353. The van der Waals surface area contributed by atoms with Crippen molar-refractivity contribution in [1.82, 2.24) is 9.88 Å². The zero-order chi connectivity index (χ0) is 22.1. The SMILES string of the molecule is O=C(O)c1ccc(-c2ccc(/C=C3/SC(=S)N(Cc4ccc(Cl)cc4)C3=O)[nH]2)cc1O. The van der Waals surface area contributed by atoms with Crippen molar-refractivity contribution < 1.29 is 19.8 Å². The van der Waals surface area contributed by atoms with Gasteiger partial charge in [0.25, 0.3) is 5.91 Å². The number of halogens is 1. The van der Waals surface area contributed by atoms with E-state index in [4.69, 9.17) is 28.9 Å². The maximum atomic E-state index is 12.8. The fourth-order valence-electron chi connectivity index (χ4n) is 3.09. The van der Waals surface area contributed by atoms with Crippen LogP contribution in [-0.4, -0.2) is 36.3 Å². The molecule has 1 amide bonds. The van der Waals surface area contributed by atoms with Gasteiger partial charge in [0, 0.05) is 22.0 Å². The first-order valence-electron chi connectivity index (χ1n) is 9.07. The third-order valence-corrected chi connectivity index (χ3v) is 6.29. The van der Waals surface area contributed by atoms with E-state index >= 15 is 0 Å². The summed E-state index contributed by atoms with van der Waals surface area (Å²) in [6.07, 6.45) is 1.72. The van der Waals surface area contributed by atoms with Crippen LogP contribution in [0.5, 0.6) is 5.75 Å². The Labute approximate surface area is 192 Å². The molecule has 1 aliphatic rings. The molecule has 6 nitrogen and oxygen atoms in total. The lowest BCUT2D eigenvalue weighted by molar-refractivity contribution is -0.122. The van der Waals surface area contributed by atoms with E-state index in [1.54, 1.807) is 41.3 Å². The van der Waals surface area contributed by atoms with Crippen molar-refractivity contribution in [3.63, 3.8) is 0 Å². The van der Waals surface area contributed by atoms with Gasteiger partial charge in [0.1, 0.15) is 15.6 Å². The van der Waals surface area contributed by atoms with Gasteiger partial charge in [0.2, 0.25) is 0 Å². The molecule has 3 aromatic rings. The number of thiocarbonyl (C=S) groups is 1. The second kappa shape index (κ2) is 8.58. The maximum absolute atomic E-state index is 12.8. The number of phenols is 1. The van der Waals surface area contributed by atoms with E-state index in [1.165, 1.54) is 23.9 Å². The number of H-pyrrole nitrogens is 1. The molecule has 0 saturated carbocycles. The van der Waals surface area contributed by atoms with Gasteiger partial charge < -0.3 is 15.2 Å². The number of aromatic hydroxyl groups is 1. The minimum atomic E-state index is -1.20. The number of carboxylic acids is 1. The normalized spacial score (nSPS) is 15.1. The zero-order valence-electron chi connectivity index (χ0n) is 15.8. The molecule has 1 saturated heterocycles. The predicted molar refractivity (Wildman–Crippen MR) is 125 cm³/mol. The van der Waals surface area contributed by atoms with Gasteiger partial charge in [-0.15, -0.1) is 0 Å². The summed E-state index contributed by atoms with van der Waals surface area (Å²) < 4.78 is 0.479. The number of amides is 1. The fraction of sp³-hybridized carbons (Fsp3) is 0.0455. The van der Waals surface area contributed by atoms with Crippen LogP contribution in [-0.2, 0) is 11.3 Å². The van der Waals surface area contributed by atoms with Gasteiger partial charge in [-0.05, 0) is 48.0 Å². The topological polar surface area (TPSA) is 93.6 Å². The number of carboxylic acid groups (broad SMARTS) is 1. The fourth-order valence-corrected chi connectivity index (χ4v) is 4.47. The molecule has 0 aliphatic carbocycles. The van der Waals surface area contributed by atoms with E-state index in [0.717, 1.165) is 5.56 Å². The highest BCUT2D eigenvalue weighted by atomic mass is 35.5. The first-order chi connectivity index (χ1) is 14.8. The van der Waals surface area contributed by atoms with E-state index < -0.39 is 5.97 Å². The summed E-state index contributed by atoms with van der Waals surface area (Å²) in [5, 5.41) is 19.6. The molecule has 2 heterocycles. The monoisotopic (exact) mass is 470 g/mol. The van der Waals surface area contributed by atoms with Crippen LogP contribution in [0, 0.1) is 0 Å². The number of carbonyl (C=O) groups is 2. The van der Waals surface area contributed by atoms with Crippen molar-refractivity contribution in [3.8, 4) is 17.0 Å². The molecule has 9 heteroatoms. The van der Waals surface area contributed by atoms with Gasteiger partial charge in [-0.3, -0.25) is 9.69 Å². The van der Waals surface area contributed by atoms with Crippen LogP contribution in [0.25, 0.3) is 17.3 Å². The number of aromatic amines is 1. The molecule has 31 heavy (non-hydrogen) atoms.